The summed E-state index contributed by atoms with van der Waals surface area (Å²) in [6.07, 6.45) is 0.923. The molecule has 2 bridgehead atoms. The van der Waals surface area contributed by atoms with Crippen molar-refractivity contribution in [2.24, 2.45) is 11.1 Å². The van der Waals surface area contributed by atoms with Gasteiger partial charge in [0.05, 0.1) is 35.7 Å². The summed E-state index contributed by atoms with van der Waals surface area (Å²) in [5.41, 5.74) is 3.68. The molecule has 0 aliphatic heterocycles. The molecule has 4 N–H and O–H groups in total. The molecule has 1 amide bonds. The van der Waals surface area contributed by atoms with Crippen LogP contribution in [0.15, 0.2) is 24.4 Å². The summed E-state index contributed by atoms with van der Waals surface area (Å²) in [7, 11) is 0. The van der Waals surface area contributed by atoms with E-state index in [1.807, 2.05) is 0 Å². The predicted molar refractivity (Wildman–Crippen MR) is 106 cm³/mol. The van der Waals surface area contributed by atoms with E-state index in [9.17, 15) is 29.1 Å². The molecule has 7 nitrogen and oxygen atoms in total. The Morgan fingerprint density at radius 3 is 2.65 bits per heavy atom. The van der Waals surface area contributed by atoms with Gasteiger partial charge in [0.1, 0.15) is 0 Å². The number of carbonyl (C=O) groups is 1. The molecule has 1 atom stereocenters. The van der Waals surface area contributed by atoms with Crippen LogP contribution in [0.3, 0.4) is 0 Å². The van der Waals surface area contributed by atoms with Crippen LogP contribution in [-0.4, -0.2) is 39.1 Å². The van der Waals surface area contributed by atoms with Crippen LogP contribution in [0.4, 0.5) is 8.78 Å². The van der Waals surface area contributed by atoms with Crippen molar-refractivity contribution in [3.8, 4) is 17.3 Å². The van der Waals surface area contributed by atoms with Crippen molar-refractivity contribution >= 4 is 5.91 Å². The number of alkyl halides is 2. The molecule has 1 heterocycles. The largest absolute Gasteiger partial charge is 0.393 e. The van der Waals surface area contributed by atoms with Crippen LogP contribution in [0.1, 0.15) is 53.0 Å². The van der Waals surface area contributed by atoms with E-state index in [2.05, 4.69) is 16.0 Å². The molecule has 1 aromatic heterocycles. The van der Waals surface area contributed by atoms with E-state index in [4.69, 9.17) is 5.73 Å². The molecule has 1 unspecified atom stereocenters. The van der Waals surface area contributed by atoms with Gasteiger partial charge in [-0.1, -0.05) is 12.1 Å². The number of hydrogen-bond donors (Lipinski definition) is 3. The molecule has 2 aromatic rings. The zero-order valence-electron chi connectivity index (χ0n) is 16.9. The van der Waals surface area contributed by atoms with Crippen molar-refractivity contribution in [1.29, 1.82) is 5.26 Å². The molecular formula is C22H22F2N4O3. The minimum Gasteiger partial charge on any atom is -0.393 e. The smallest absolute Gasteiger partial charge is 0.273 e. The van der Waals surface area contributed by atoms with Crippen LogP contribution < -0.4 is 5.73 Å². The second-order valence-electron chi connectivity index (χ2n) is 8.76. The van der Waals surface area contributed by atoms with E-state index in [1.165, 1.54) is 24.4 Å². The Morgan fingerprint density at radius 2 is 2.10 bits per heavy atom. The van der Waals surface area contributed by atoms with Crippen molar-refractivity contribution in [2.45, 2.75) is 50.0 Å². The monoisotopic (exact) mass is 428 g/mol. The van der Waals surface area contributed by atoms with E-state index >= 15 is 0 Å². The molecule has 3 aliphatic rings. The number of fused-ring (bicyclic) bond motifs is 1. The topological polar surface area (TPSA) is 133 Å². The number of aliphatic hydroxyl groups is 2. The van der Waals surface area contributed by atoms with Crippen molar-refractivity contribution in [3.63, 3.8) is 0 Å². The van der Waals surface area contributed by atoms with Crippen molar-refractivity contribution in [2.75, 3.05) is 6.61 Å². The zero-order valence-corrected chi connectivity index (χ0v) is 16.9. The van der Waals surface area contributed by atoms with Gasteiger partial charge in [-0.15, -0.1) is 0 Å². The number of aliphatic hydroxyl groups excluding tert-OH is 1. The lowest BCUT2D eigenvalue weighted by Gasteiger charge is -2.43. The van der Waals surface area contributed by atoms with Crippen molar-refractivity contribution in [1.82, 2.24) is 9.97 Å². The Hall–Kier alpha value is -2.96. The van der Waals surface area contributed by atoms with Gasteiger partial charge >= 0.3 is 0 Å². The van der Waals surface area contributed by atoms with Gasteiger partial charge in [-0.05, 0) is 49.8 Å². The molecule has 9 heteroatoms. The summed E-state index contributed by atoms with van der Waals surface area (Å²) < 4.78 is 26.8. The number of nitriles is 1. The lowest BCUT2D eigenvalue weighted by atomic mass is 9.59. The van der Waals surface area contributed by atoms with Gasteiger partial charge in [-0.3, -0.25) is 9.78 Å². The number of hydrogen-bond acceptors (Lipinski definition) is 6. The van der Waals surface area contributed by atoms with E-state index in [0.717, 1.165) is 12.8 Å². The zero-order chi connectivity index (χ0) is 22.6. The number of nitrogens with zero attached hydrogens (tertiary/aromatic N) is 3. The molecule has 0 spiro atoms. The number of benzene rings is 1. The second kappa shape index (κ2) is 7.04. The molecule has 3 saturated carbocycles. The normalized spacial score (nSPS) is 26.2. The maximum Gasteiger partial charge on any atom is 0.273 e. The van der Waals surface area contributed by atoms with Gasteiger partial charge in [-0.2, -0.15) is 5.26 Å². The number of aromatic nitrogens is 2. The van der Waals surface area contributed by atoms with Crippen LogP contribution in [0, 0.1) is 23.7 Å². The summed E-state index contributed by atoms with van der Waals surface area (Å²) in [4.78, 5) is 21.1. The van der Waals surface area contributed by atoms with E-state index in [0.29, 0.717) is 29.7 Å². The van der Waals surface area contributed by atoms with Crippen LogP contribution in [0.5, 0.6) is 0 Å². The highest BCUT2D eigenvalue weighted by Gasteiger charge is 2.63. The average Bonchev–Trinajstić information content (AvgIpc) is 3.30. The average molecular weight is 428 g/mol. The van der Waals surface area contributed by atoms with Crippen LogP contribution >= 0.6 is 0 Å². The van der Waals surface area contributed by atoms with Gasteiger partial charge in [-0.25, -0.2) is 13.8 Å². The molecule has 0 radical (unpaired) electrons. The first-order valence-electron chi connectivity index (χ1n) is 9.91. The van der Waals surface area contributed by atoms with E-state index < -0.39 is 30.0 Å². The van der Waals surface area contributed by atoms with Crippen LogP contribution in [0.25, 0.3) is 11.3 Å². The Bertz CT molecular complexity index is 1110. The summed E-state index contributed by atoms with van der Waals surface area (Å²) in [6.45, 7) is 0.565. The minimum atomic E-state index is -3.21. The quantitative estimate of drug-likeness (QED) is 0.647. The molecule has 3 aliphatic carbocycles. The fourth-order valence-electron chi connectivity index (χ4n) is 5.03. The highest BCUT2D eigenvalue weighted by atomic mass is 19.3. The van der Waals surface area contributed by atoms with Crippen LogP contribution in [-0.2, 0) is 11.0 Å². The minimum absolute atomic E-state index is 0.00187. The maximum atomic E-state index is 13.4. The lowest BCUT2D eigenvalue weighted by molar-refractivity contribution is -0.129. The number of nitrogens with two attached hydrogens (primary N) is 1. The summed E-state index contributed by atoms with van der Waals surface area (Å²) in [5, 5.41) is 29.0. The van der Waals surface area contributed by atoms with Crippen molar-refractivity contribution < 1.29 is 23.8 Å². The molecule has 1 aromatic carbocycles. The standard InChI is InChI=1S/C22H22F2N4O3/c1-12-2-3-13(22(31,11-29)19(23)24)6-14(12)15-7-27-17(16(28-15)18(26)30)21-5-4-20(8-21,9-21)10-25/h2-3,6-7,19,29,31H,4-5,8-9,11H2,1H3,(H2,26,30). The highest BCUT2D eigenvalue weighted by molar-refractivity contribution is 5.93. The summed E-state index contributed by atoms with van der Waals surface area (Å²) >= 11 is 0. The number of primary amides is 1. The Balaban J connectivity index is 1.79. The van der Waals surface area contributed by atoms with Crippen LogP contribution in [0.2, 0.25) is 0 Å². The number of halogens is 2. The molecule has 5 rings (SSSR count). The first-order chi connectivity index (χ1) is 14.6. The first kappa shape index (κ1) is 21.3. The summed E-state index contributed by atoms with van der Waals surface area (Å²) in [6, 6.07) is 6.50. The fourth-order valence-corrected chi connectivity index (χ4v) is 5.03. The molecule has 0 saturated heterocycles. The molecule has 31 heavy (non-hydrogen) atoms. The summed E-state index contributed by atoms with van der Waals surface area (Å²) in [5.74, 6) is -0.756. The van der Waals surface area contributed by atoms with Gasteiger partial charge in [0.2, 0.25) is 0 Å². The van der Waals surface area contributed by atoms with Gasteiger partial charge < -0.3 is 15.9 Å². The van der Waals surface area contributed by atoms with Gasteiger partial charge in [0.25, 0.3) is 12.3 Å². The number of amides is 1. The number of rotatable bonds is 6. The third-order valence-electron chi connectivity index (χ3n) is 6.80. The molecular weight excluding hydrogens is 406 g/mol. The van der Waals surface area contributed by atoms with Gasteiger partial charge in [0, 0.05) is 11.0 Å². The van der Waals surface area contributed by atoms with E-state index in [1.54, 1.807) is 6.92 Å². The Labute approximate surface area is 177 Å². The molecule has 3 fully saturated rings. The highest BCUT2D eigenvalue weighted by Crippen LogP contribution is 2.67. The maximum absolute atomic E-state index is 13.4. The molecule has 162 valence electrons. The third-order valence-corrected chi connectivity index (χ3v) is 6.80. The van der Waals surface area contributed by atoms with Gasteiger partial charge in [0.15, 0.2) is 11.3 Å². The first-order valence-corrected chi connectivity index (χ1v) is 9.91. The lowest BCUT2D eigenvalue weighted by Crippen LogP contribution is -2.42. The number of carbonyl (C=O) groups excluding carboxylic acids is 1. The second-order valence-corrected chi connectivity index (χ2v) is 8.76. The number of aryl methyl sites for hydroxylation is 1. The fraction of sp³-hybridized carbons (Fsp3) is 0.455. The predicted octanol–water partition coefficient (Wildman–Crippen LogP) is 2.33. The Kier molecular flexibility index (Phi) is 4.83. The third kappa shape index (κ3) is 3.09. The Morgan fingerprint density at radius 1 is 1.39 bits per heavy atom. The SMILES string of the molecule is Cc1ccc(C(O)(CO)C(F)F)cc1-c1cnc(C23CCC(C#N)(C2)C3)c(C(N)=O)n1. The van der Waals surface area contributed by atoms with Crippen molar-refractivity contribution in [3.05, 3.63) is 46.9 Å². The van der Waals surface area contributed by atoms with E-state index in [-0.39, 0.29) is 22.4 Å².